The quantitative estimate of drug-likeness (QED) is 0.747. The van der Waals surface area contributed by atoms with Crippen LogP contribution in [0.4, 0.5) is 4.79 Å². The Morgan fingerprint density at radius 2 is 2.22 bits per heavy atom. The third kappa shape index (κ3) is 4.76. The highest BCUT2D eigenvalue weighted by atomic mass is 32.2. The first kappa shape index (κ1) is 15.1. The van der Waals surface area contributed by atoms with Gasteiger partial charge in [0.2, 0.25) is 0 Å². The van der Waals surface area contributed by atoms with Gasteiger partial charge in [-0.15, -0.1) is 0 Å². The molecule has 1 unspecified atom stereocenters. The number of carboxylic acids is 1. The summed E-state index contributed by atoms with van der Waals surface area (Å²) < 4.78 is 0. The number of aliphatic carboxylic acids is 1. The van der Waals surface area contributed by atoms with Gasteiger partial charge in [0.05, 0.1) is 0 Å². The minimum atomic E-state index is -0.775. The predicted octanol–water partition coefficient (Wildman–Crippen LogP) is 1.59. The molecule has 1 atom stereocenters. The maximum Gasteiger partial charge on any atom is 0.319 e. The van der Waals surface area contributed by atoms with E-state index in [4.69, 9.17) is 5.11 Å². The summed E-state index contributed by atoms with van der Waals surface area (Å²) in [6.45, 7) is 2.03. The molecule has 1 rings (SSSR count). The van der Waals surface area contributed by atoms with Crippen molar-refractivity contribution in [1.82, 2.24) is 9.80 Å². The fourth-order valence-electron chi connectivity index (χ4n) is 2.20. The summed E-state index contributed by atoms with van der Waals surface area (Å²) in [7, 11) is 1.81. The van der Waals surface area contributed by atoms with E-state index in [1.165, 1.54) is 0 Å². The van der Waals surface area contributed by atoms with E-state index in [2.05, 4.69) is 6.26 Å². The van der Waals surface area contributed by atoms with Gasteiger partial charge in [-0.25, -0.2) is 4.79 Å². The highest BCUT2D eigenvalue weighted by molar-refractivity contribution is 7.98. The van der Waals surface area contributed by atoms with E-state index in [0.29, 0.717) is 13.1 Å². The van der Waals surface area contributed by atoms with Crippen LogP contribution in [-0.4, -0.2) is 65.6 Å². The molecule has 6 heteroatoms. The van der Waals surface area contributed by atoms with Crippen LogP contribution in [0.5, 0.6) is 0 Å². The first-order valence-corrected chi connectivity index (χ1v) is 7.64. The van der Waals surface area contributed by atoms with E-state index in [1.807, 2.05) is 7.05 Å². The van der Waals surface area contributed by atoms with Gasteiger partial charge in [-0.05, 0) is 30.8 Å². The Morgan fingerprint density at radius 3 is 2.83 bits per heavy atom. The van der Waals surface area contributed by atoms with Crippen molar-refractivity contribution in [2.75, 3.05) is 38.7 Å². The normalized spacial score (nSPS) is 19.0. The van der Waals surface area contributed by atoms with Crippen LogP contribution >= 0.6 is 11.8 Å². The third-order valence-electron chi connectivity index (χ3n) is 3.19. The van der Waals surface area contributed by atoms with Crippen molar-refractivity contribution >= 4 is 23.8 Å². The molecule has 0 spiro atoms. The van der Waals surface area contributed by atoms with Crippen LogP contribution in [0.2, 0.25) is 0 Å². The zero-order valence-electron chi connectivity index (χ0n) is 11.1. The van der Waals surface area contributed by atoms with E-state index in [9.17, 15) is 9.59 Å². The zero-order chi connectivity index (χ0) is 13.5. The van der Waals surface area contributed by atoms with E-state index in [1.54, 1.807) is 21.6 Å². The Kier molecular flexibility index (Phi) is 6.32. The molecular weight excluding hydrogens is 252 g/mol. The van der Waals surface area contributed by atoms with Crippen molar-refractivity contribution in [3.8, 4) is 0 Å². The lowest BCUT2D eigenvalue weighted by Crippen LogP contribution is -2.40. The smallest absolute Gasteiger partial charge is 0.319 e. The Bertz CT molecular complexity index is 299. The molecule has 18 heavy (non-hydrogen) atoms. The molecule has 1 fully saturated rings. The lowest BCUT2D eigenvalue weighted by atomic mass is 10.1. The Morgan fingerprint density at radius 1 is 1.50 bits per heavy atom. The van der Waals surface area contributed by atoms with Crippen molar-refractivity contribution in [1.29, 1.82) is 0 Å². The first-order chi connectivity index (χ1) is 8.54. The molecule has 0 radical (unpaired) electrons. The summed E-state index contributed by atoms with van der Waals surface area (Å²) in [5, 5.41) is 8.74. The average molecular weight is 274 g/mol. The minimum absolute atomic E-state index is 0.0315. The maximum absolute atomic E-state index is 12.1. The highest BCUT2D eigenvalue weighted by Gasteiger charge is 2.29. The summed E-state index contributed by atoms with van der Waals surface area (Å²) in [6.07, 6.45) is 4.02. The van der Waals surface area contributed by atoms with Crippen molar-refractivity contribution in [3.05, 3.63) is 0 Å². The number of hydrogen-bond acceptors (Lipinski definition) is 3. The molecule has 1 N–H and O–H groups in total. The van der Waals surface area contributed by atoms with Crippen LogP contribution < -0.4 is 0 Å². The summed E-state index contributed by atoms with van der Waals surface area (Å²) in [5.41, 5.74) is 0. The van der Waals surface area contributed by atoms with E-state index in [0.717, 1.165) is 25.1 Å². The number of nitrogens with zero attached hydrogens (tertiary/aromatic N) is 2. The monoisotopic (exact) mass is 274 g/mol. The minimum Gasteiger partial charge on any atom is -0.481 e. The van der Waals surface area contributed by atoms with E-state index in [-0.39, 0.29) is 18.4 Å². The van der Waals surface area contributed by atoms with Gasteiger partial charge in [0.25, 0.3) is 0 Å². The molecule has 0 aliphatic carbocycles. The molecule has 2 amide bonds. The second-order valence-corrected chi connectivity index (χ2v) is 5.73. The topological polar surface area (TPSA) is 60.9 Å². The largest absolute Gasteiger partial charge is 0.481 e. The van der Waals surface area contributed by atoms with Crippen molar-refractivity contribution < 1.29 is 14.7 Å². The van der Waals surface area contributed by atoms with Crippen LogP contribution in [-0.2, 0) is 4.79 Å². The summed E-state index contributed by atoms with van der Waals surface area (Å²) in [5.74, 6) is 0.396. The van der Waals surface area contributed by atoms with Crippen LogP contribution in [0, 0.1) is 5.92 Å². The van der Waals surface area contributed by atoms with Crippen LogP contribution in [0.25, 0.3) is 0 Å². The van der Waals surface area contributed by atoms with Crippen molar-refractivity contribution in [2.24, 2.45) is 5.92 Å². The Labute approximate surface area is 113 Å². The second kappa shape index (κ2) is 7.51. The summed E-state index contributed by atoms with van der Waals surface area (Å²) in [6, 6.07) is 0.0315. The molecule has 104 valence electrons. The van der Waals surface area contributed by atoms with E-state index >= 15 is 0 Å². The first-order valence-electron chi connectivity index (χ1n) is 6.25. The molecule has 1 aliphatic rings. The van der Waals surface area contributed by atoms with Gasteiger partial charge in [0.1, 0.15) is 0 Å². The summed E-state index contributed by atoms with van der Waals surface area (Å²) >= 11 is 1.78. The van der Waals surface area contributed by atoms with Crippen molar-refractivity contribution in [3.63, 3.8) is 0 Å². The van der Waals surface area contributed by atoms with Crippen LogP contribution in [0.1, 0.15) is 19.3 Å². The molecule has 0 saturated carbocycles. The molecule has 0 aromatic carbocycles. The van der Waals surface area contributed by atoms with Gasteiger partial charge in [-0.3, -0.25) is 4.79 Å². The number of likely N-dealkylation sites (tertiary alicyclic amines) is 1. The van der Waals surface area contributed by atoms with Gasteiger partial charge < -0.3 is 14.9 Å². The number of carboxylic acid groups (broad SMARTS) is 1. The fourth-order valence-corrected chi connectivity index (χ4v) is 2.62. The highest BCUT2D eigenvalue weighted by Crippen LogP contribution is 2.20. The number of rotatable bonds is 6. The number of thioether (sulfide) groups is 1. The molecule has 1 aliphatic heterocycles. The number of amides is 2. The standard InChI is InChI=1S/C12H22N2O3S/c1-13(5-3-7-18-2)12(17)14-6-4-10(9-14)8-11(15)16/h10H,3-9H2,1-2H3,(H,15,16). The van der Waals surface area contributed by atoms with Gasteiger partial charge >= 0.3 is 12.0 Å². The maximum atomic E-state index is 12.1. The lowest BCUT2D eigenvalue weighted by molar-refractivity contribution is -0.138. The van der Waals surface area contributed by atoms with Gasteiger partial charge in [-0.1, -0.05) is 0 Å². The van der Waals surface area contributed by atoms with Crippen molar-refractivity contribution in [2.45, 2.75) is 19.3 Å². The average Bonchev–Trinajstić information content (AvgIpc) is 2.75. The predicted molar refractivity (Wildman–Crippen MR) is 73.0 cm³/mol. The van der Waals surface area contributed by atoms with E-state index < -0.39 is 5.97 Å². The molecule has 0 aromatic heterocycles. The molecule has 1 heterocycles. The number of urea groups is 1. The molecule has 1 saturated heterocycles. The zero-order valence-corrected chi connectivity index (χ0v) is 11.9. The second-order valence-electron chi connectivity index (χ2n) is 4.75. The third-order valence-corrected chi connectivity index (χ3v) is 3.89. The molecule has 5 nitrogen and oxygen atoms in total. The lowest BCUT2D eigenvalue weighted by Gasteiger charge is -2.24. The Hall–Kier alpha value is -0.910. The van der Waals surface area contributed by atoms with Crippen LogP contribution in [0.3, 0.4) is 0 Å². The summed E-state index contributed by atoms with van der Waals surface area (Å²) in [4.78, 5) is 26.2. The number of hydrogen-bond donors (Lipinski definition) is 1. The SMILES string of the molecule is CSCCCN(C)C(=O)N1CCC(CC(=O)O)C1. The van der Waals surface area contributed by atoms with Crippen LogP contribution in [0.15, 0.2) is 0 Å². The number of carbonyl (C=O) groups is 2. The molecule has 0 aromatic rings. The molecule has 0 bridgehead atoms. The van der Waals surface area contributed by atoms with Gasteiger partial charge in [0.15, 0.2) is 0 Å². The molecular formula is C12H22N2O3S. The Balaban J connectivity index is 2.32. The van der Waals surface area contributed by atoms with Gasteiger partial charge in [0, 0.05) is 33.1 Å². The fraction of sp³-hybridized carbons (Fsp3) is 0.833. The van der Waals surface area contributed by atoms with Gasteiger partial charge in [-0.2, -0.15) is 11.8 Å². The number of carbonyl (C=O) groups excluding carboxylic acids is 1.